The molecule has 1 fully saturated rings. The molecule has 2 atom stereocenters. The number of aliphatic carboxylic acids is 1. The fourth-order valence-corrected chi connectivity index (χ4v) is 5.40. The number of rotatable bonds is 10. The number of piperidine rings is 1. The Kier molecular flexibility index (Phi) is 10.2. The van der Waals surface area contributed by atoms with E-state index < -0.39 is 5.97 Å². The van der Waals surface area contributed by atoms with Crippen molar-refractivity contribution in [3.63, 3.8) is 0 Å². The van der Waals surface area contributed by atoms with Crippen molar-refractivity contribution in [3.05, 3.63) is 59.3 Å². The molecule has 34 heavy (non-hydrogen) atoms. The second-order valence-corrected chi connectivity index (χ2v) is 9.72. The van der Waals surface area contributed by atoms with Crippen molar-refractivity contribution >= 4 is 24.2 Å². The molecule has 1 saturated heterocycles. The van der Waals surface area contributed by atoms with Crippen LogP contribution in [0.5, 0.6) is 0 Å². The van der Waals surface area contributed by atoms with Crippen LogP contribution in [0.4, 0.5) is 5.82 Å². The minimum Gasteiger partial charge on any atom is -0.481 e. The Morgan fingerprint density at radius 1 is 1.24 bits per heavy atom. The summed E-state index contributed by atoms with van der Waals surface area (Å²) in [4.78, 5) is 21.2. The number of nitrogens with zero attached hydrogens (tertiary/aromatic N) is 3. The van der Waals surface area contributed by atoms with Crippen LogP contribution in [0.3, 0.4) is 0 Å². The van der Waals surface area contributed by atoms with E-state index in [0.717, 1.165) is 63.4 Å². The molecule has 2 aliphatic heterocycles. The molecule has 0 aliphatic carbocycles. The molecule has 0 amide bonds. The fraction of sp³-hybridized carbons (Fsp3) is 0.556. The number of anilines is 1. The zero-order valence-electron chi connectivity index (χ0n) is 20.3. The standard InChI is InChI=1S/C27H38N4O2.ClH/c1-30(25(18-26(32)33)22-9-3-2-4-10-22)19-21-8-6-16-31(20-21)17-7-12-24-14-13-23-11-5-15-28-27(23)29-24;/h2-4,9-10,13-14,21,25H,5-8,11-12,15-20H2,1H3,(H,28,29)(H,32,33);1H/t21-,25?;/m0./s1. The number of fused-ring (bicyclic) bond motifs is 1. The topological polar surface area (TPSA) is 68.7 Å². The van der Waals surface area contributed by atoms with E-state index >= 15 is 0 Å². The lowest BCUT2D eigenvalue weighted by Crippen LogP contribution is -2.41. The van der Waals surface area contributed by atoms with Gasteiger partial charge in [-0.1, -0.05) is 36.4 Å². The Hall–Kier alpha value is -2.15. The van der Waals surface area contributed by atoms with E-state index in [1.807, 2.05) is 30.3 Å². The van der Waals surface area contributed by atoms with Gasteiger partial charge in [0.25, 0.3) is 0 Å². The average Bonchev–Trinajstić information content (AvgIpc) is 2.83. The molecule has 2 aliphatic rings. The summed E-state index contributed by atoms with van der Waals surface area (Å²) in [7, 11) is 2.08. The first-order chi connectivity index (χ1) is 16.1. The number of carboxylic acids is 1. The third kappa shape index (κ3) is 7.42. The van der Waals surface area contributed by atoms with E-state index in [1.54, 1.807) is 0 Å². The van der Waals surface area contributed by atoms with Gasteiger partial charge in [0.05, 0.1) is 6.42 Å². The Balaban J connectivity index is 0.00000324. The Morgan fingerprint density at radius 3 is 2.85 bits per heavy atom. The van der Waals surface area contributed by atoms with Gasteiger partial charge in [0.1, 0.15) is 5.82 Å². The largest absolute Gasteiger partial charge is 0.481 e. The second-order valence-electron chi connectivity index (χ2n) is 9.72. The molecule has 1 aromatic carbocycles. The maximum atomic E-state index is 11.5. The number of benzene rings is 1. The summed E-state index contributed by atoms with van der Waals surface area (Å²) in [5, 5.41) is 12.9. The molecular formula is C27H39ClN4O2. The zero-order chi connectivity index (χ0) is 23.0. The molecule has 3 heterocycles. The summed E-state index contributed by atoms with van der Waals surface area (Å²) in [6.45, 7) is 5.32. The molecule has 0 radical (unpaired) electrons. The SMILES string of the molecule is CN(C[C@@H]1CCCN(CCCc2ccc3c(n2)NCCC3)C1)C(CC(=O)O)c1ccccc1.Cl. The lowest BCUT2D eigenvalue weighted by molar-refractivity contribution is -0.138. The smallest absolute Gasteiger partial charge is 0.305 e. The Morgan fingerprint density at radius 2 is 2.06 bits per heavy atom. The summed E-state index contributed by atoms with van der Waals surface area (Å²) in [5.41, 5.74) is 3.63. The van der Waals surface area contributed by atoms with Gasteiger partial charge in [-0.25, -0.2) is 4.98 Å². The predicted octanol–water partition coefficient (Wildman–Crippen LogP) is 4.65. The van der Waals surface area contributed by atoms with Gasteiger partial charge < -0.3 is 15.3 Å². The van der Waals surface area contributed by atoms with Gasteiger partial charge in [-0.2, -0.15) is 0 Å². The van der Waals surface area contributed by atoms with E-state index in [0.29, 0.717) is 5.92 Å². The van der Waals surface area contributed by atoms with Gasteiger partial charge in [-0.15, -0.1) is 12.4 Å². The van der Waals surface area contributed by atoms with Crippen LogP contribution in [0.25, 0.3) is 0 Å². The van der Waals surface area contributed by atoms with Gasteiger partial charge in [0.15, 0.2) is 0 Å². The first kappa shape index (κ1) is 26.5. The zero-order valence-corrected chi connectivity index (χ0v) is 21.1. The number of hydrogen-bond acceptors (Lipinski definition) is 5. The number of carboxylic acid groups (broad SMARTS) is 1. The lowest BCUT2D eigenvalue weighted by atomic mass is 9.95. The molecule has 0 bridgehead atoms. The highest BCUT2D eigenvalue weighted by Crippen LogP contribution is 2.26. The summed E-state index contributed by atoms with van der Waals surface area (Å²) in [6.07, 6.45) is 7.05. The number of aryl methyl sites for hydroxylation is 2. The van der Waals surface area contributed by atoms with Crippen molar-refractivity contribution in [1.29, 1.82) is 0 Å². The molecule has 1 unspecified atom stereocenters. The van der Waals surface area contributed by atoms with Crippen LogP contribution in [-0.2, 0) is 17.6 Å². The average molecular weight is 487 g/mol. The minimum absolute atomic E-state index is 0. The number of hydrogen-bond donors (Lipinski definition) is 2. The van der Waals surface area contributed by atoms with E-state index in [9.17, 15) is 9.90 Å². The summed E-state index contributed by atoms with van der Waals surface area (Å²) < 4.78 is 0. The molecule has 7 heteroatoms. The maximum Gasteiger partial charge on any atom is 0.305 e. The highest BCUT2D eigenvalue weighted by atomic mass is 35.5. The van der Waals surface area contributed by atoms with Crippen LogP contribution < -0.4 is 5.32 Å². The monoisotopic (exact) mass is 486 g/mol. The van der Waals surface area contributed by atoms with Gasteiger partial charge in [0, 0.05) is 31.4 Å². The predicted molar refractivity (Wildman–Crippen MR) is 140 cm³/mol. The molecule has 6 nitrogen and oxygen atoms in total. The minimum atomic E-state index is -0.744. The highest BCUT2D eigenvalue weighted by Gasteiger charge is 2.26. The third-order valence-electron chi connectivity index (χ3n) is 7.09. The van der Waals surface area contributed by atoms with E-state index in [4.69, 9.17) is 4.98 Å². The second kappa shape index (κ2) is 13.1. The molecule has 0 spiro atoms. The number of carbonyl (C=O) groups is 1. The van der Waals surface area contributed by atoms with Gasteiger partial charge in [-0.05, 0) is 81.8 Å². The van der Waals surface area contributed by atoms with Gasteiger partial charge in [0.2, 0.25) is 0 Å². The first-order valence-corrected chi connectivity index (χ1v) is 12.5. The molecule has 0 saturated carbocycles. The summed E-state index contributed by atoms with van der Waals surface area (Å²) in [5.74, 6) is 0.927. The molecule has 186 valence electrons. The molecule has 4 rings (SSSR count). The molecule has 2 aromatic rings. The van der Waals surface area contributed by atoms with Crippen molar-refractivity contribution < 1.29 is 9.90 Å². The van der Waals surface area contributed by atoms with E-state index in [-0.39, 0.29) is 24.9 Å². The van der Waals surface area contributed by atoms with Crippen molar-refractivity contribution in [3.8, 4) is 0 Å². The first-order valence-electron chi connectivity index (χ1n) is 12.5. The number of aromatic nitrogens is 1. The maximum absolute atomic E-state index is 11.5. The number of halogens is 1. The van der Waals surface area contributed by atoms with Crippen LogP contribution in [0.1, 0.15) is 55.0 Å². The number of nitrogens with one attached hydrogen (secondary N) is 1. The fourth-order valence-electron chi connectivity index (χ4n) is 5.40. The van der Waals surface area contributed by atoms with Crippen LogP contribution in [0.2, 0.25) is 0 Å². The Bertz CT molecular complexity index is 911. The van der Waals surface area contributed by atoms with Gasteiger partial charge in [-0.3, -0.25) is 9.69 Å². The summed E-state index contributed by atoms with van der Waals surface area (Å²) in [6, 6.07) is 14.4. The third-order valence-corrected chi connectivity index (χ3v) is 7.09. The Labute approximate surface area is 210 Å². The van der Waals surface area contributed by atoms with E-state index in [1.165, 1.54) is 30.5 Å². The van der Waals surface area contributed by atoms with Crippen molar-refractivity contribution in [2.24, 2.45) is 5.92 Å². The number of pyridine rings is 1. The van der Waals surface area contributed by atoms with Crippen LogP contribution in [-0.4, -0.2) is 65.6 Å². The van der Waals surface area contributed by atoms with Crippen molar-refractivity contribution in [1.82, 2.24) is 14.8 Å². The van der Waals surface area contributed by atoms with Gasteiger partial charge >= 0.3 is 5.97 Å². The lowest BCUT2D eigenvalue weighted by Gasteiger charge is -2.37. The molecular weight excluding hydrogens is 448 g/mol. The van der Waals surface area contributed by atoms with Crippen LogP contribution in [0, 0.1) is 5.92 Å². The molecule has 2 N–H and O–H groups in total. The van der Waals surface area contributed by atoms with Crippen molar-refractivity contribution in [2.45, 2.75) is 51.0 Å². The number of likely N-dealkylation sites (tertiary alicyclic amines) is 1. The van der Waals surface area contributed by atoms with Crippen LogP contribution in [0.15, 0.2) is 42.5 Å². The van der Waals surface area contributed by atoms with Crippen molar-refractivity contribution in [2.75, 3.05) is 45.1 Å². The van der Waals surface area contributed by atoms with Crippen LogP contribution >= 0.6 is 12.4 Å². The highest BCUT2D eigenvalue weighted by molar-refractivity contribution is 5.85. The summed E-state index contributed by atoms with van der Waals surface area (Å²) >= 11 is 0. The van der Waals surface area contributed by atoms with E-state index in [2.05, 4.69) is 34.3 Å². The quantitative estimate of drug-likeness (QED) is 0.509. The molecule has 1 aromatic heterocycles. The normalized spacial score (nSPS) is 19.1.